The number of hydrogen-bond acceptors (Lipinski definition) is 4. The number of likely N-dealkylation sites (tertiary alicyclic amines) is 1. The minimum atomic E-state index is -0.200. The zero-order valence-electron chi connectivity index (χ0n) is 16.4. The van der Waals surface area contributed by atoms with Gasteiger partial charge in [0.15, 0.2) is 0 Å². The highest BCUT2D eigenvalue weighted by atomic mass is 35.5. The maximum atomic E-state index is 13.6. The molecule has 1 unspecified atom stereocenters. The highest BCUT2D eigenvalue weighted by Gasteiger charge is 2.39. The van der Waals surface area contributed by atoms with Crippen LogP contribution in [0.5, 0.6) is 0 Å². The number of hydrogen-bond donors (Lipinski definition) is 1. The normalized spacial score (nSPS) is 23.0. The van der Waals surface area contributed by atoms with Gasteiger partial charge in [-0.2, -0.15) is 11.8 Å². The number of nitrogens with two attached hydrogens (primary N) is 1. The number of thioether (sulfide) groups is 1. The molecule has 2 saturated heterocycles. The largest absolute Gasteiger partial charge is 0.339 e. The minimum Gasteiger partial charge on any atom is -0.339 e. The Kier molecular flexibility index (Phi) is 9.31. The molecule has 3 atom stereocenters. The molecule has 158 valence electrons. The van der Waals surface area contributed by atoms with Gasteiger partial charge < -0.3 is 10.6 Å². The van der Waals surface area contributed by atoms with Crippen molar-refractivity contribution in [2.24, 2.45) is 5.73 Å². The lowest BCUT2D eigenvalue weighted by atomic mass is 9.95. The van der Waals surface area contributed by atoms with Crippen LogP contribution in [0.4, 0.5) is 0 Å². The van der Waals surface area contributed by atoms with Gasteiger partial charge in [-0.05, 0) is 11.1 Å². The quantitative estimate of drug-likeness (QED) is 0.768. The molecule has 2 aliphatic rings. The van der Waals surface area contributed by atoms with Gasteiger partial charge >= 0.3 is 0 Å². The molecule has 0 radical (unpaired) electrons. The number of carbonyl (C=O) groups excluding carboxylic acids is 1. The first-order chi connectivity index (χ1) is 13.2. The van der Waals surface area contributed by atoms with E-state index >= 15 is 0 Å². The summed E-state index contributed by atoms with van der Waals surface area (Å²) in [6.07, 6.45) is 0. The van der Waals surface area contributed by atoms with Crippen LogP contribution < -0.4 is 5.73 Å². The summed E-state index contributed by atoms with van der Waals surface area (Å²) in [5.74, 6) is 2.58. The Morgan fingerprint density at radius 1 is 0.931 bits per heavy atom. The van der Waals surface area contributed by atoms with Crippen LogP contribution >= 0.6 is 36.6 Å². The molecule has 0 saturated carbocycles. The summed E-state index contributed by atoms with van der Waals surface area (Å²) in [4.78, 5) is 17.9. The van der Waals surface area contributed by atoms with Crippen LogP contribution in [-0.2, 0) is 4.79 Å². The fraction of sp³-hybridized carbons (Fsp3) is 0.409. The molecule has 0 spiro atoms. The fourth-order valence-electron chi connectivity index (χ4n) is 4.22. The summed E-state index contributed by atoms with van der Waals surface area (Å²) in [6.45, 7) is 3.25. The summed E-state index contributed by atoms with van der Waals surface area (Å²) in [7, 11) is 0. The van der Waals surface area contributed by atoms with Gasteiger partial charge in [-0.25, -0.2) is 0 Å². The van der Waals surface area contributed by atoms with Crippen LogP contribution in [0, 0.1) is 0 Å². The lowest BCUT2D eigenvalue weighted by Gasteiger charge is -2.35. The van der Waals surface area contributed by atoms with E-state index in [1.54, 1.807) is 0 Å². The molecule has 2 fully saturated rings. The maximum absolute atomic E-state index is 13.6. The first kappa shape index (κ1) is 24.0. The number of rotatable bonds is 4. The SMILES string of the molecule is Cl.Cl.N[C@@H]1CN(C(=O)C(c2ccccc2)N2CCSCC2)C[C@H]1c1ccccc1. The average molecular weight is 454 g/mol. The molecule has 2 aromatic carbocycles. The molecule has 4 nitrogen and oxygen atoms in total. The molecule has 4 rings (SSSR count). The van der Waals surface area contributed by atoms with Crippen LogP contribution in [-0.4, -0.2) is 59.4 Å². The van der Waals surface area contributed by atoms with E-state index in [0.29, 0.717) is 13.1 Å². The van der Waals surface area contributed by atoms with Crippen molar-refractivity contribution >= 4 is 42.5 Å². The predicted molar refractivity (Wildman–Crippen MR) is 126 cm³/mol. The van der Waals surface area contributed by atoms with Crippen molar-refractivity contribution in [3.63, 3.8) is 0 Å². The lowest BCUT2D eigenvalue weighted by molar-refractivity contribution is -0.136. The van der Waals surface area contributed by atoms with Crippen molar-refractivity contribution < 1.29 is 4.79 Å². The highest BCUT2D eigenvalue weighted by Crippen LogP contribution is 2.31. The lowest BCUT2D eigenvalue weighted by Crippen LogP contribution is -2.45. The van der Waals surface area contributed by atoms with E-state index < -0.39 is 0 Å². The van der Waals surface area contributed by atoms with Crippen molar-refractivity contribution in [1.29, 1.82) is 0 Å². The maximum Gasteiger partial charge on any atom is 0.244 e. The highest BCUT2D eigenvalue weighted by molar-refractivity contribution is 7.99. The van der Waals surface area contributed by atoms with Gasteiger partial charge in [0, 0.05) is 49.6 Å². The molecule has 2 N–H and O–H groups in total. The number of amides is 1. The molecule has 0 bridgehead atoms. The zero-order valence-corrected chi connectivity index (χ0v) is 18.8. The summed E-state index contributed by atoms with van der Waals surface area (Å²) < 4.78 is 0. The van der Waals surface area contributed by atoms with Gasteiger partial charge in [-0.1, -0.05) is 60.7 Å². The van der Waals surface area contributed by atoms with E-state index in [1.807, 2.05) is 53.1 Å². The Hall–Kier alpha value is -1.24. The molecule has 1 amide bonds. The van der Waals surface area contributed by atoms with E-state index in [9.17, 15) is 4.79 Å². The van der Waals surface area contributed by atoms with Crippen LogP contribution in [0.2, 0.25) is 0 Å². The monoisotopic (exact) mass is 453 g/mol. The second-order valence-corrected chi connectivity index (χ2v) is 8.61. The molecule has 7 heteroatoms. The molecule has 2 aliphatic heterocycles. The standard InChI is InChI=1S/C22H27N3OS.2ClH/c23-20-16-25(15-19(20)17-7-3-1-4-8-17)22(26)21(18-9-5-2-6-10-18)24-11-13-27-14-12-24;;/h1-10,19-21H,11-16,23H2;2*1H/t19-,20+,21?;;/m0../s1. The molecule has 29 heavy (non-hydrogen) atoms. The predicted octanol–water partition coefficient (Wildman–Crippen LogP) is 3.57. The Balaban J connectivity index is 0.00000150. The zero-order chi connectivity index (χ0) is 18.6. The summed E-state index contributed by atoms with van der Waals surface area (Å²) >= 11 is 1.97. The van der Waals surface area contributed by atoms with Gasteiger partial charge in [-0.3, -0.25) is 9.69 Å². The topological polar surface area (TPSA) is 49.6 Å². The second-order valence-electron chi connectivity index (χ2n) is 7.39. The smallest absolute Gasteiger partial charge is 0.244 e. The number of halogens is 2. The van der Waals surface area contributed by atoms with Crippen molar-refractivity contribution in [3.05, 3.63) is 71.8 Å². The molecule has 0 aliphatic carbocycles. The van der Waals surface area contributed by atoms with Gasteiger partial charge in [0.2, 0.25) is 5.91 Å². The third-order valence-corrected chi connectivity index (χ3v) is 6.61. The van der Waals surface area contributed by atoms with Crippen LogP contribution in [0.3, 0.4) is 0 Å². The molecule has 0 aromatic heterocycles. The van der Waals surface area contributed by atoms with E-state index in [2.05, 4.69) is 29.2 Å². The summed E-state index contributed by atoms with van der Waals surface area (Å²) in [5.41, 5.74) is 8.76. The van der Waals surface area contributed by atoms with Crippen molar-refractivity contribution in [2.75, 3.05) is 37.7 Å². The van der Waals surface area contributed by atoms with E-state index in [0.717, 1.165) is 30.2 Å². The van der Waals surface area contributed by atoms with Crippen molar-refractivity contribution in [1.82, 2.24) is 9.80 Å². The van der Waals surface area contributed by atoms with E-state index in [-0.39, 0.29) is 48.7 Å². The average Bonchev–Trinajstić information content (AvgIpc) is 3.12. The Labute approximate surface area is 190 Å². The number of carbonyl (C=O) groups is 1. The number of nitrogens with zero attached hydrogens (tertiary/aromatic N) is 2. The molecule has 2 aromatic rings. The minimum absolute atomic E-state index is 0. The Bertz CT molecular complexity index is 759. The first-order valence-corrected chi connectivity index (χ1v) is 10.9. The Morgan fingerprint density at radius 2 is 1.52 bits per heavy atom. The number of benzene rings is 2. The van der Waals surface area contributed by atoms with Gasteiger partial charge in [0.05, 0.1) is 0 Å². The summed E-state index contributed by atoms with van der Waals surface area (Å²) in [6, 6.07) is 20.4. The third kappa shape index (κ3) is 5.47. The van der Waals surface area contributed by atoms with Crippen LogP contribution in [0.15, 0.2) is 60.7 Å². The van der Waals surface area contributed by atoms with E-state index in [4.69, 9.17) is 5.73 Å². The molecular formula is C22H29Cl2N3OS. The second kappa shape index (κ2) is 11.2. The van der Waals surface area contributed by atoms with Gasteiger partial charge in [0.1, 0.15) is 6.04 Å². The van der Waals surface area contributed by atoms with Crippen LogP contribution in [0.1, 0.15) is 23.1 Å². The molecular weight excluding hydrogens is 425 g/mol. The van der Waals surface area contributed by atoms with E-state index in [1.165, 1.54) is 5.56 Å². The van der Waals surface area contributed by atoms with Gasteiger partial charge in [-0.15, -0.1) is 24.8 Å². The first-order valence-electron chi connectivity index (χ1n) is 9.70. The van der Waals surface area contributed by atoms with Gasteiger partial charge in [0.25, 0.3) is 0 Å². The van der Waals surface area contributed by atoms with Crippen LogP contribution in [0.25, 0.3) is 0 Å². The summed E-state index contributed by atoms with van der Waals surface area (Å²) in [5, 5.41) is 0. The third-order valence-electron chi connectivity index (χ3n) is 5.66. The van der Waals surface area contributed by atoms with Crippen molar-refractivity contribution in [3.8, 4) is 0 Å². The Morgan fingerprint density at radius 3 is 2.14 bits per heavy atom. The molecule has 2 heterocycles. The fourth-order valence-corrected chi connectivity index (χ4v) is 5.15. The van der Waals surface area contributed by atoms with Crippen molar-refractivity contribution in [2.45, 2.75) is 18.0 Å².